The van der Waals surface area contributed by atoms with Crippen molar-refractivity contribution in [3.8, 4) is 23.8 Å². The molecule has 1 aromatic carbocycles. The van der Waals surface area contributed by atoms with Crippen LogP contribution in [0, 0.1) is 12.3 Å². The van der Waals surface area contributed by atoms with Crippen molar-refractivity contribution < 1.29 is 14.3 Å². The standard InChI is InChI=1S/C21H22N4O3/c1-3-4-9-21(24-25-21)10-12-23-20(26)17-7-8-18(19(13-17)27-2)28-15-16-6-5-11-22-14-16/h1,5-8,11,13-14H,4,9-10,12,15H2,2H3,(H,23,26). The Balaban J connectivity index is 1.54. The monoisotopic (exact) mass is 378 g/mol. The number of pyridine rings is 1. The molecule has 0 bridgehead atoms. The molecule has 1 aromatic heterocycles. The molecule has 1 N–H and O–H groups in total. The van der Waals surface area contributed by atoms with Gasteiger partial charge in [0.05, 0.1) is 7.11 Å². The number of terminal acetylenes is 1. The summed E-state index contributed by atoms with van der Waals surface area (Å²) in [6.07, 6.45) is 10.7. The van der Waals surface area contributed by atoms with E-state index in [9.17, 15) is 4.79 Å². The Kier molecular flexibility index (Phi) is 6.22. The summed E-state index contributed by atoms with van der Waals surface area (Å²) in [7, 11) is 1.54. The average Bonchev–Trinajstić information content (AvgIpc) is 3.51. The summed E-state index contributed by atoms with van der Waals surface area (Å²) in [5.41, 5.74) is 1.04. The number of rotatable bonds is 10. The van der Waals surface area contributed by atoms with Crippen LogP contribution in [0.1, 0.15) is 35.2 Å². The Morgan fingerprint density at radius 3 is 2.79 bits per heavy atom. The van der Waals surface area contributed by atoms with Crippen molar-refractivity contribution >= 4 is 5.91 Å². The lowest BCUT2D eigenvalue weighted by Crippen LogP contribution is -2.28. The number of carbonyl (C=O) groups is 1. The number of methoxy groups -OCH3 is 1. The molecule has 0 saturated heterocycles. The van der Waals surface area contributed by atoms with Gasteiger partial charge in [-0.25, -0.2) is 0 Å². The molecule has 0 radical (unpaired) electrons. The number of hydrogen-bond acceptors (Lipinski definition) is 6. The second-order valence-electron chi connectivity index (χ2n) is 6.41. The lowest BCUT2D eigenvalue weighted by Gasteiger charge is -2.13. The molecular formula is C21H22N4O3. The Morgan fingerprint density at radius 1 is 1.25 bits per heavy atom. The molecule has 3 rings (SSSR count). The summed E-state index contributed by atoms with van der Waals surface area (Å²) in [6.45, 7) is 0.834. The smallest absolute Gasteiger partial charge is 0.251 e. The van der Waals surface area contributed by atoms with Crippen LogP contribution in [0.15, 0.2) is 53.0 Å². The van der Waals surface area contributed by atoms with Gasteiger partial charge < -0.3 is 14.8 Å². The minimum Gasteiger partial charge on any atom is -0.493 e. The predicted octanol–water partition coefficient (Wildman–Crippen LogP) is 3.36. The number of ether oxygens (including phenoxy) is 2. The molecule has 144 valence electrons. The fraction of sp³-hybridized carbons (Fsp3) is 0.333. The van der Waals surface area contributed by atoms with Gasteiger partial charge in [0.2, 0.25) is 0 Å². The van der Waals surface area contributed by atoms with Crippen LogP contribution in [0.5, 0.6) is 11.5 Å². The highest BCUT2D eigenvalue weighted by Gasteiger charge is 2.38. The van der Waals surface area contributed by atoms with Crippen LogP contribution in [0.25, 0.3) is 0 Å². The Labute approximate surface area is 164 Å². The number of hydrogen-bond donors (Lipinski definition) is 1. The zero-order chi connectivity index (χ0) is 19.8. The van der Waals surface area contributed by atoms with Crippen LogP contribution in [0.4, 0.5) is 0 Å². The van der Waals surface area contributed by atoms with Crippen molar-refractivity contribution in [2.45, 2.75) is 31.5 Å². The van der Waals surface area contributed by atoms with E-state index < -0.39 is 5.66 Å². The molecule has 2 heterocycles. The van der Waals surface area contributed by atoms with E-state index in [1.807, 2.05) is 12.1 Å². The molecule has 0 unspecified atom stereocenters. The summed E-state index contributed by atoms with van der Waals surface area (Å²) >= 11 is 0. The van der Waals surface area contributed by atoms with Gasteiger partial charge in [-0.05, 0) is 24.3 Å². The second kappa shape index (κ2) is 9.00. The van der Waals surface area contributed by atoms with Gasteiger partial charge in [-0.3, -0.25) is 9.78 Å². The lowest BCUT2D eigenvalue weighted by molar-refractivity contribution is 0.0951. The fourth-order valence-electron chi connectivity index (χ4n) is 2.72. The highest BCUT2D eigenvalue weighted by Crippen LogP contribution is 2.36. The average molecular weight is 378 g/mol. The maximum Gasteiger partial charge on any atom is 0.251 e. The molecule has 0 aliphatic carbocycles. The van der Waals surface area contributed by atoms with Crippen molar-refractivity contribution in [1.29, 1.82) is 0 Å². The normalized spacial score (nSPS) is 13.4. The van der Waals surface area contributed by atoms with Crippen molar-refractivity contribution in [2.24, 2.45) is 10.2 Å². The summed E-state index contributed by atoms with van der Waals surface area (Å²) in [5.74, 6) is 3.46. The van der Waals surface area contributed by atoms with Gasteiger partial charge in [0, 0.05) is 49.3 Å². The van der Waals surface area contributed by atoms with Crippen LogP contribution in [0.3, 0.4) is 0 Å². The number of benzene rings is 1. The van der Waals surface area contributed by atoms with Gasteiger partial charge in [0.15, 0.2) is 17.2 Å². The molecular weight excluding hydrogens is 356 g/mol. The van der Waals surface area contributed by atoms with Gasteiger partial charge in [0.25, 0.3) is 5.91 Å². The van der Waals surface area contributed by atoms with E-state index in [1.165, 1.54) is 0 Å². The van der Waals surface area contributed by atoms with Crippen LogP contribution < -0.4 is 14.8 Å². The highest BCUT2D eigenvalue weighted by atomic mass is 16.5. The van der Waals surface area contributed by atoms with Gasteiger partial charge in [0.1, 0.15) is 6.61 Å². The van der Waals surface area contributed by atoms with Crippen molar-refractivity contribution in [2.75, 3.05) is 13.7 Å². The van der Waals surface area contributed by atoms with Crippen LogP contribution in [-0.2, 0) is 6.61 Å². The molecule has 1 aliphatic rings. The van der Waals surface area contributed by atoms with Crippen LogP contribution in [-0.4, -0.2) is 30.2 Å². The fourth-order valence-corrected chi connectivity index (χ4v) is 2.72. The van der Waals surface area contributed by atoms with Crippen molar-refractivity contribution in [3.05, 3.63) is 53.9 Å². The Hall–Kier alpha value is -3.40. The predicted molar refractivity (Wildman–Crippen MR) is 104 cm³/mol. The van der Waals surface area contributed by atoms with E-state index in [0.29, 0.717) is 43.1 Å². The molecule has 1 amide bonds. The molecule has 0 saturated carbocycles. The molecule has 2 aromatic rings. The summed E-state index contributed by atoms with van der Waals surface area (Å²) in [5, 5.41) is 11.0. The second-order valence-corrected chi connectivity index (χ2v) is 6.41. The van der Waals surface area contributed by atoms with E-state index in [4.69, 9.17) is 15.9 Å². The first-order valence-corrected chi connectivity index (χ1v) is 9.01. The Bertz CT molecular complexity index is 884. The minimum atomic E-state index is -0.401. The van der Waals surface area contributed by atoms with Gasteiger partial charge in [-0.1, -0.05) is 6.07 Å². The molecule has 7 nitrogen and oxygen atoms in total. The van der Waals surface area contributed by atoms with Crippen LogP contribution in [0.2, 0.25) is 0 Å². The number of nitrogens with one attached hydrogen (secondary N) is 1. The largest absolute Gasteiger partial charge is 0.493 e. The third-order valence-corrected chi connectivity index (χ3v) is 4.41. The molecule has 7 heteroatoms. The summed E-state index contributed by atoms with van der Waals surface area (Å²) in [4.78, 5) is 16.5. The van der Waals surface area contributed by atoms with E-state index >= 15 is 0 Å². The zero-order valence-corrected chi connectivity index (χ0v) is 15.7. The quantitative estimate of drug-likeness (QED) is 0.643. The first kappa shape index (κ1) is 19.4. The molecule has 0 atom stereocenters. The molecule has 0 fully saturated rings. The topological polar surface area (TPSA) is 85.2 Å². The maximum atomic E-state index is 12.4. The van der Waals surface area contributed by atoms with Crippen LogP contribution >= 0.6 is 0 Å². The first-order chi connectivity index (χ1) is 13.7. The zero-order valence-electron chi connectivity index (χ0n) is 15.7. The van der Waals surface area contributed by atoms with Crippen molar-refractivity contribution in [1.82, 2.24) is 10.3 Å². The number of aromatic nitrogens is 1. The van der Waals surface area contributed by atoms with Crippen molar-refractivity contribution in [3.63, 3.8) is 0 Å². The van der Waals surface area contributed by atoms with Gasteiger partial charge in [-0.2, -0.15) is 10.2 Å². The summed E-state index contributed by atoms with van der Waals surface area (Å²) < 4.78 is 11.2. The van der Waals surface area contributed by atoms with Gasteiger partial charge in [-0.15, -0.1) is 12.3 Å². The molecule has 0 spiro atoms. The minimum absolute atomic E-state index is 0.190. The summed E-state index contributed by atoms with van der Waals surface area (Å²) in [6, 6.07) is 8.87. The number of carbonyl (C=O) groups excluding carboxylic acids is 1. The first-order valence-electron chi connectivity index (χ1n) is 9.01. The Morgan fingerprint density at radius 2 is 2.11 bits per heavy atom. The SMILES string of the molecule is C#CCCC1(CCNC(=O)c2ccc(OCc3cccnc3)c(OC)c2)N=N1. The molecule has 1 aliphatic heterocycles. The van der Waals surface area contributed by atoms with Gasteiger partial charge >= 0.3 is 0 Å². The number of nitrogens with zero attached hydrogens (tertiary/aromatic N) is 3. The van der Waals surface area contributed by atoms with E-state index in [0.717, 1.165) is 12.0 Å². The van der Waals surface area contributed by atoms with E-state index in [-0.39, 0.29) is 5.91 Å². The lowest BCUT2D eigenvalue weighted by atomic mass is 10.0. The number of amides is 1. The third kappa shape index (κ3) is 5.07. The highest BCUT2D eigenvalue weighted by molar-refractivity contribution is 5.94. The van der Waals surface area contributed by atoms with E-state index in [1.54, 1.807) is 37.7 Å². The molecule has 28 heavy (non-hydrogen) atoms. The third-order valence-electron chi connectivity index (χ3n) is 4.41. The van der Waals surface area contributed by atoms with E-state index in [2.05, 4.69) is 26.4 Å². The maximum absolute atomic E-state index is 12.4.